The van der Waals surface area contributed by atoms with Crippen molar-refractivity contribution in [1.29, 1.82) is 0 Å². The maximum absolute atomic E-state index is 15.0. The van der Waals surface area contributed by atoms with Crippen LogP contribution in [0.2, 0.25) is 0 Å². The van der Waals surface area contributed by atoms with Gasteiger partial charge in [0.05, 0.1) is 25.3 Å². The van der Waals surface area contributed by atoms with Crippen LogP contribution < -0.4 is 21.3 Å². The zero-order chi connectivity index (χ0) is 39.4. The quantitative estimate of drug-likeness (QED) is 0.198. The van der Waals surface area contributed by atoms with E-state index in [4.69, 9.17) is 0 Å². The van der Waals surface area contributed by atoms with E-state index in [2.05, 4.69) is 31.2 Å². The summed E-state index contributed by atoms with van der Waals surface area (Å²) in [6, 6.07) is -4.39. The zero-order valence-electron chi connectivity index (χ0n) is 32.5. The van der Waals surface area contributed by atoms with Crippen molar-refractivity contribution in [2.75, 3.05) is 26.7 Å². The minimum Gasteiger partial charge on any atom is -0.347 e. The fourth-order valence-corrected chi connectivity index (χ4v) is 8.16. The smallest absolute Gasteiger partial charge is 0.289 e. The highest BCUT2D eigenvalue weighted by Gasteiger charge is 2.59. The lowest BCUT2D eigenvalue weighted by molar-refractivity contribution is -0.145. The van der Waals surface area contributed by atoms with Crippen molar-refractivity contribution < 1.29 is 33.6 Å². The fourth-order valence-electron chi connectivity index (χ4n) is 8.16. The van der Waals surface area contributed by atoms with E-state index in [-0.39, 0.29) is 49.5 Å². The van der Waals surface area contributed by atoms with Crippen LogP contribution in [0.4, 0.5) is 0 Å². The molecule has 4 N–H and O–H groups in total. The molecule has 5 rings (SSSR count). The third kappa shape index (κ3) is 8.90. The first-order valence-electron chi connectivity index (χ1n) is 19.5. The minimum absolute atomic E-state index is 0.0214. The van der Waals surface area contributed by atoms with Crippen LogP contribution in [0.25, 0.3) is 0 Å². The lowest BCUT2D eigenvalue weighted by Gasteiger charge is -2.40. The topological polar surface area (TPSA) is 203 Å². The molecule has 5 atom stereocenters. The van der Waals surface area contributed by atoms with Gasteiger partial charge in [0.2, 0.25) is 29.4 Å². The number of Topliss-reactive ketones (excluding diaryl/α,β-unsaturated/α-hetero) is 1. The molecule has 3 heterocycles. The highest BCUT2D eigenvalue weighted by molar-refractivity contribution is 6.38. The van der Waals surface area contributed by atoms with Crippen molar-refractivity contribution in [2.24, 2.45) is 11.3 Å². The maximum Gasteiger partial charge on any atom is 0.289 e. The third-order valence-electron chi connectivity index (χ3n) is 11.3. The van der Waals surface area contributed by atoms with Crippen LogP contribution in [0.15, 0.2) is 18.6 Å². The van der Waals surface area contributed by atoms with Gasteiger partial charge in [0, 0.05) is 31.4 Å². The minimum atomic E-state index is -1.15. The average molecular weight is 752 g/mol. The molecule has 1 aromatic heterocycles. The number of carbonyl (C=O) groups is 7. The monoisotopic (exact) mass is 751 g/mol. The Morgan fingerprint density at radius 3 is 2.26 bits per heavy atom. The standard InChI is InChI=1S/C38H57N9O7/c1-7-12-25(30(49)35(53)41-24-15-16-24)42-33(51)27-19-38(45(6)21-28(48)47(38)8-2)22-46(27)36(54)31(37(3,4)5)44-34(52)29(23-13-10-9-11-14-23)43-32(50)26-20-39-17-18-40-26/h17-18,20,23-25,27,29,31H,7-16,19,21-22H2,1-6H3,(H,41,53)(H,42,51)(H,43,50)(H,44,52)/t25?,27-,29-,31+,38?/m0/s1. The van der Waals surface area contributed by atoms with Gasteiger partial charge in [0.25, 0.3) is 11.8 Å². The van der Waals surface area contributed by atoms with E-state index in [0.29, 0.717) is 25.8 Å². The number of carbonyl (C=O) groups excluding carboxylic acids is 7. The lowest BCUT2D eigenvalue weighted by Crippen LogP contribution is -2.62. The first-order valence-corrected chi connectivity index (χ1v) is 19.5. The summed E-state index contributed by atoms with van der Waals surface area (Å²) in [5.41, 5.74) is -1.82. The summed E-state index contributed by atoms with van der Waals surface area (Å²) < 4.78 is 0. The number of rotatable bonds is 14. The van der Waals surface area contributed by atoms with Gasteiger partial charge in [-0.3, -0.25) is 43.4 Å². The second-order valence-electron chi connectivity index (χ2n) is 16.4. The van der Waals surface area contributed by atoms with Crippen LogP contribution in [0.3, 0.4) is 0 Å². The molecule has 1 spiro atoms. The van der Waals surface area contributed by atoms with Crippen molar-refractivity contribution >= 4 is 41.2 Å². The molecule has 2 saturated carbocycles. The Kier molecular flexibility index (Phi) is 12.7. The normalized spacial score (nSPS) is 23.8. The molecule has 2 saturated heterocycles. The van der Waals surface area contributed by atoms with Gasteiger partial charge in [-0.1, -0.05) is 53.4 Å². The summed E-state index contributed by atoms with van der Waals surface area (Å²) in [7, 11) is 1.78. The highest BCUT2D eigenvalue weighted by Crippen LogP contribution is 2.40. The predicted octanol–water partition coefficient (Wildman–Crippen LogP) is 0.910. The Bertz CT molecular complexity index is 1590. The van der Waals surface area contributed by atoms with E-state index < -0.39 is 70.6 Å². The van der Waals surface area contributed by atoms with Gasteiger partial charge in [-0.2, -0.15) is 0 Å². The van der Waals surface area contributed by atoms with Gasteiger partial charge < -0.3 is 31.1 Å². The molecule has 1 aromatic rings. The number of nitrogens with one attached hydrogen (secondary N) is 4. The van der Waals surface area contributed by atoms with Gasteiger partial charge >= 0.3 is 0 Å². The summed E-state index contributed by atoms with van der Waals surface area (Å²) >= 11 is 0. The number of hydrogen-bond donors (Lipinski definition) is 4. The Balaban J connectivity index is 1.44. The molecular formula is C38H57N9O7. The Labute approximate surface area is 317 Å². The number of nitrogens with zero attached hydrogens (tertiary/aromatic N) is 5. The third-order valence-corrected chi connectivity index (χ3v) is 11.3. The van der Waals surface area contributed by atoms with E-state index in [1.165, 1.54) is 23.5 Å². The van der Waals surface area contributed by atoms with E-state index in [0.717, 1.165) is 32.1 Å². The maximum atomic E-state index is 15.0. The first-order chi connectivity index (χ1) is 25.6. The van der Waals surface area contributed by atoms with Crippen LogP contribution in [0.5, 0.6) is 0 Å². The van der Waals surface area contributed by atoms with Crippen LogP contribution in [-0.2, 0) is 28.8 Å². The molecule has 0 radical (unpaired) electrons. The predicted molar refractivity (Wildman–Crippen MR) is 197 cm³/mol. The van der Waals surface area contributed by atoms with Gasteiger partial charge in [-0.05, 0) is 57.4 Å². The van der Waals surface area contributed by atoms with E-state index in [9.17, 15) is 33.6 Å². The number of ketones is 1. The summed E-state index contributed by atoms with van der Waals surface area (Å²) in [6.07, 6.45) is 10.8. The van der Waals surface area contributed by atoms with Crippen molar-refractivity contribution in [3.63, 3.8) is 0 Å². The molecule has 2 unspecified atom stereocenters. The van der Waals surface area contributed by atoms with Gasteiger partial charge in [-0.25, -0.2) is 4.98 Å². The fraction of sp³-hybridized carbons (Fsp3) is 0.711. The molecule has 6 amide bonds. The van der Waals surface area contributed by atoms with Crippen molar-refractivity contribution in [1.82, 2.24) is 45.9 Å². The van der Waals surface area contributed by atoms with Crippen molar-refractivity contribution in [2.45, 2.75) is 135 Å². The molecule has 2 aliphatic heterocycles. The largest absolute Gasteiger partial charge is 0.347 e. The molecule has 4 aliphatic rings. The molecule has 296 valence electrons. The van der Waals surface area contributed by atoms with Crippen molar-refractivity contribution in [3.8, 4) is 0 Å². The lowest BCUT2D eigenvalue weighted by atomic mass is 9.82. The average Bonchev–Trinajstić information content (AvgIpc) is 3.82. The molecule has 16 heteroatoms. The number of hydrogen-bond acceptors (Lipinski definition) is 10. The van der Waals surface area contributed by atoms with Gasteiger partial charge in [0.1, 0.15) is 29.5 Å². The Morgan fingerprint density at radius 2 is 1.67 bits per heavy atom. The van der Waals surface area contributed by atoms with Crippen LogP contribution in [-0.4, -0.2) is 128 Å². The Morgan fingerprint density at radius 1 is 0.963 bits per heavy atom. The first kappa shape index (κ1) is 40.7. The van der Waals surface area contributed by atoms with E-state index >= 15 is 0 Å². The number of amides is 6. The molecule has 4 fully saturated rings. The van der Waals surface area contributed by atoms with Crippen LogP contribution in [0.1, 0.15) is 109 Å². The van der Waals surface area contributed by atoms with Gasteiger partial charge in [-0.15, -0.1) is 0 Å². The summed E-state index contributed by atoms with van der Waals surface area (Å²) in [4.78, 5) is 109. The second-order valence-corrected chi connectivity index (χ2v) is 16.4. The molecule has 0 bridgehead atoms. The molecule has 0 aromatic carbocycles. The summed E-state index contributed by atoms with van der Waals surface area (Å²) in [6.45, 7) is 9.52. The number of aromatic nitrogens is 2. The summed E-state index contributed by atoms with van der Waals surface area (Å²) in [5.74, 6) is -4.05. The Hall–Kier alpha value is -4.47. The summed E-state index contributed by atoms with van der Waals surface area (Å²) in [5, 5.41) is 11.3. The highest BCUT2D eigenvalue weighted by atomic mass is 16.2. The van der Waals surface area contributed by atoms with Gasteiger partial charge in [0.15, 0.2) is 0 Å². The molecule has 16 nitrogen and oxygen atoms in total. The number of likely N-dealkylation sites (tertiary alicyclic amines) is 1. The van der Waals surface area contributed by atoms with Crippen molar-refractivity contribution in [3.05, 3.63) is 24.3 Å². The molecular weight excluding hydrogens is 694 g/mol. The van der Waals surface area contributed by atoms with Crippen LogP contribution >= 0.6 is 0 Å². The van der Waals surface area contributed by atoms with E-state index in [1.807, 2.05) is 39.5 Å². The molecule has 2 aliphatic carbocycles. The van der Waals surface area contributed by atoms with E-state index in [1.54, 1.807) is 11.9 Å². The second kappa shape index (κ2) is 16.9. The molecule has 54 heavy (non-hydrogen) atoms. The van der Waals surface area contributed by atoms with Crippen LogP contribution in [0, 0.1) is 11.3 Å². The SMILES string of the molecule is CCCC(NC(=O)[C@@H]1CC2(CN1C(=O)[C@@H](NC(=O)[C@@H](NC(=O)c1cnccn1)C1CCCCC1)C(C)(C)C)N(C)CC(=O)N2CC)C(=O)C(=O)NC1CC1. The zero-order valence-corrected chi connectivity index (χ0v) is 32.5. The number of likely N-dealkylation sites (N-methyl/N-ethyl adjacent to an activating group) is 2.